The predicted molar refractivity (Wildman–Crippen MR) is 109 cm³/mol. The number of aryl methyl sites for hydroxylation is 2. The molecule has 0 unspecified atom stereocenters. The number of benzene rings is 2. The molecule has 0 fully saturated rings. The average Bonchev–Trinajstić information content (AvgIpc) is 2.68. The van der Waals surface area contributed by atoms with Gasteiger partial charge in [-0.15, -0.1) is 0 Å². The van der Waals surface area contributed by atoms with E-state index in [1.807, 2.05) is 57.2 Å². The Morgan fingerprint density at radius 3 is 2.61 bits per heavy atom. The van der Waals surface area contributed by atoms with Crippen molar-refractivity contribution >= 4 is 23.6 Å². The Morgan fingerprint density at radius 1 is 1.14 bits per heavy atom. The molecule has 2 N–H and O–H groups in total. The third-order valence-corrected chi connectivity index (χ3v) is 4.45. The molecule has 0 aliphatic carbocycles. The molecule has 2 aromatic carbocycles. The fraction of sp³-hybridized carbons (Fsp3) is 0.273. The van der Waals surface area contributed by atoms with Crippen LogP contribution >= 0.6 is 0 Å². The van der Waals surface area contributed by atoms with Crippen LogP contribution in [0.25, 0.3) is 6.08 Å². The van der Waals surface area contributed by atoms with Gasteiger partial charge in [-0.1, -0.05) is 18.2 Å². The number of fused-ring (bicyclic) bond motifs is 1. The van der Waals surface area contributed by atoms with Gasteiger partial charge in [0.05, 0.1) is 18.7 Å². The molecule has 28 heavy (non-hydrogen) atoms. The number of carbonyl (C=O) groups excluding carboxylic acids is 2. The molecule has 0 saturated carbocycles. The number of nitrogens with one attached hydrogen (secondary N) is 2. The molecule has 1 aliphatic rings. The Bertz CT molecular complexity index is 914. The Balaban J connectivity index is 1.62. The fourth-order valence-electron chi connectivity index (χ4n) is 3.01. The number of rotatable bonds is 6. The van der Waals surface area contributed by atoms with Crippen LogP contribution in [0, 0.1) is 13.8 Å². The van der Waals surface area contributed by atoms with Crippen molar-refractivity contribution in [3.8, 4) is 11.5 Å². The Labute approximate surface area is 164 Å². The lowest BCUT2D eigenvalue weighted by Gasteiger charge is -2.18. The molecule has 0 spiro atoms. The molecule has 146 valence electrons. The molecule has 1 heterocycles. The number of hydrogen-bond donors (Lipinski definition) is 2. The van der Waals surface area contributed by atoms with Crippen LogP contribution in [-0.2, 0) is 9.59 Å². The van der Waals surface area contributed by atoms with Gasteiger partial charge in [-0.25, -0.2) is 0 Å². The molecule has 0 aromatic heterocycles. The maximum Gasteiger partial charge on any atom is 0.251 e. The summed E-state index contributed by atoms with van der Waals surface area (Å²) >= 11 is 0. The monoisotopic (exact) mass is 380 g/mol. The van der Waals surface area contributed by atoms with Crippen LogP contribution in [0.15, 0.2) is 42.0 Å². The Kier molecular flexibility index (Phi) is 5.99. The molecule has 1 aliphatic heterocycles. The summed E-state index contributed by atoms with van der Waals surface area (Å²) in [6.07, 6.45) is 1.76. The van der Waals surface area contributed by atoms with E-state index in [4.69, 9.17) is 9.47 Å². The van der Waals surface area contributed by atoms with E-state index in [1.165, 1.54) is 0 Å². The lowest BCUT2D eigenvalue weighted by atomic mass is 10.1. The molecule has 6 heteroatoms. The van der Waals surface area contributed by atoms with Crippen LogP contribution in [0.1, 0.15) is 23.6 Å². The Hall–Kier alpha value is -3.28. The summed E-state index contributed by atoms with van der Waals surface area (Å²) in [5.74, 6) is 0.815. The standard InChI is InChI=1S/C22H24N2O4/c1-4-27-18-8-9-19-16(11-18)10-17(13-28-19)22(26)23-12-20(25)24-21-14(2)6-5-7-15(21)3/h5-11H,4,12-13H2,1-3H3,(H,23,26)(H,24,25). The normalized spacial score (nSPS) is 12.3. The van der Waals surface area contributed by atoms with Crippen LogP contribution in [-0.4, -0.2) is 31.6 Å². The van der Waals surface area contributed by atoms with Crippen molar-refractivity contribution in [3.63, 3.8) is 0 Å². The SMILES string of the molecule is CCOc1ccc2c(c1)C=C(C(=O)NCC(=O)Nc1c(C)cccc1C)CO2. The number of anilines is 1. The first-order valence-electron chi connectivity index (χ1n) is 9.22. The second-order valence-corrected chi connectivity index (χ2v) is 6.59. The summed E-state index contributed by atoms with van der Waals surface area (Å²) < 4.78 is 11.1. The lowest BCUT2D eigenvalue weighted by molar-refractivity contribution is -0.121. The van der Waals surface area contributed by atoms with Crippen molar-refractivity contribution < 1.29 is 19.1 Å². The van der Waals surface area contributed by atoms with Crippen molar-refractivity contribution in [2.75, 3.05) is 25.1 Å². The minimum atomic E-state index is -0.330. The zero-order chi connectivity index (χ0) is 20.1. The third-order valence-electron chi connectivity index (χ3n) is 4.45. The second-order valence-electron chi connectivity index (χ2n) is 6.59. The van der Waals surface area contributed by atoms with Crippen molar-refractivity contribution in [3.05, 3.63) is 58.7 Å². The molecule has 0 saturated heterocycles. The third kappa shape index (κ3) is 4.52. The Morgan fingerprint density at radius 2 is 1.89 bits per heavy atom. The van der Waals surface area contributed by atoms with E-state index in [1.54, 1.807) is 6.08 Å². The van der Waals surface area contributed by atoms with Gasteiger partial charge in [-0.3, -0.25) is 9.59 Å². The maximum absolute atomic E-state index is 12.4. The first-order valence-corrected chi connectivity index (χ1v) is 9.22. The van der Waals surface area contributed by atoms with Gasteiger partial charge in [0.25, 0.3) is 5.91 Å². The molecular formula is C22H24N2O4. The van der Waals surface area contributed by atoms with Crippen molar-refractivity contribution in [1.29, 1.82) is 0 Å². The topological polar surface area (TPSA) is 76.7 Å². The fourth-order valence-corrected chi connectivity index (χ4v) is 3.01. The highest BCUT2D eigenvalue weighted by Crippen LogP contribution is 2.30. The number of carbonyl (C=O) groups is 2. The van der Waals surface area contributed by atoms with Gasteiger partial charge in [0.1, 0.15) is 18.1 Å². The largest absolute Gasteiger partial charge is 0.494 e. The van der Waals surface area contributed by atoms with Gasteiger partial charge in [0, 0.05) is 11.3 Å². The van der Waals surface area contributed by atoms with Gasteiger partial charge < -0.3 is 20.1 Å². The second kappa shape index (κ2) is 8.61. The van der Waals surface area contributed by atoms with Crippen LogP contribution in [0.3, 0.4) is 0 Å². The van der Waals surface area contributed by atoms with Crippen LogP contribution in [0.4, 0.5) is 5.69 Å². The number of amides is 2. The minimum Gasteiger partial charge on any atom is -0.494 e. The van der Waals surface area contributed by atoms with Crippen LogP contribution in [0.2, 0.25) is 0 Å². The quantitative estimate of drug-likeness (QED) is 0.807. The average molecular weight is 380 g/mol. The number of hydrogen-bond acceptors (Lipinski definition) is 4. The van der Waals surface area contributed by atoms with Gasteiger partial charge in [0.2, 0.25) is 5.91 Å². The smallest absolute Gasteiger partial charge is 0.251 e. The predicted octanol–water partition coefficient (Wildman–Crippen LogP) is 3.23. The van der Waals surface area contributed by atoms with E-state index >= 15 is 0 Å². The molecule has 0 bridgehead atoms. The highest BCUT2D eigenvalue weighted by atomic mass is 16.5. The van der Waals surface area contributed by atoms with Crippen LogP contribution in [0.5, 0.6) is 11.5 Å². The van der Waals surface area contributed by atoms with E-state index in [-0.39, 0.29) is 25.0 Å². The van der Waals surface area contributed by atoms with E-state index in [0.29, 0.717) is 17.9 Å². The van der Waals surface area contributed by atoms with E-state index < -0.39 is 0 Å². The highest BCUT2D eigenvalue weighted by molar-refractivity contribution is 6.02. The van der Waals surface area contributed by atoms with E-state index in [2.05, 4.69) is 10.6 Å². The van der Waals surface area contributed by atoms with Gasteiger partial charge in [-0.2, -0.15) is 0 Å². The summed E-state index contributed by atoms with van der Waals surface area (Å²) in [4.78, 5) is 24.7. The van der Waals surface area contributed by atoms with Crippen molar-refractivity contribution in [2.24, 2.45) is 0 Å². The van der Waals surface area contributed by atoms with Crippen molar-refractivity contribution in [1.82, 2.24) is 5.32 Å². The number of para-hydroxylation sites is 1. The summed E-state index contributed by atoms with van der Waals surface area (Å²) in [5.41, 5.74) is 3.97. The van der Waals surface area contributed by atoms with E-state index in [9.17, 15) is 9.59 Å². The van der Waals surface area contributed by atoms with E-state index in [0.717, 1.165) is 28.1 Å². The van der Waals surface area contributed by atoms with Crippen molar-refractivity contribution in [2.45, 2.75) is 20.8 Å². The highest BCUT2D eigenvalue weighted by Gasteiger charge is 2.18. The maximum atomic E-state index is 12.4. The summed E-state index contributed by atoms with van der Waals surface area (Å²) in [5, 5.41) is 5.50. The molecule has 6 nitrogen and oxygen atoms in total. The molecule has 2 amide bonds. The van der Waals surface area contributed by atoms with Gasteiger partial charge in [0.15, 0.2) is 0 Å². The summed E-state index contributed by atoms with van der Waals surface area (Å²) in [6, 6.07) is 11.3. The minimum absolute atomic E-state index is 0.115. The molecule has 0 radical (unpaired) electrons. The first kappa shape index (κ1) is 19.5. The van der Waals surface area contributed by atoms with Gasteiger partial charge in [-0.05, 0) is 56.2 Å². The zero-order valence-corrected chi connectivity index (χ0v) is 16.3. The molecule has 2 aromatic rings. The van der Waals surface area contributed by atoms with Crippen LogP contribution < -0.4 is 20.1 Å². The first-order chi connectivity index (χ1) is 13.5. The van der Waals surface area contributed by atoms with Gasteiger partial charge >= 0.3 is 0 Å². The summed E-state index contributed by atoms with van der Waals surface area (Å²) in [7, 11) is 0. The number of ether oxygens (including phenoxy) is 2. The lowest BCUT2D eigenvalue weighted by Crippen LogP contribution is -2.35. The molecule has 0 atom stereocenters. The zero-order valence-electron chi connectivity index (χ0n) is 16.3. The summed E-state index contributed by atoms with van der Waals surface area (Å²) in [6.45, 7) is 6.38. The molecule has 3 rings (SSSR count). The molecular weight excluding hydrogens is 356 g/mol.